The molecular weight excluding hydrogens is 252 g/mol. The Morgan fingerprint density at radius 2 is 1.84 bits per heavy atom. The molecule has 0 aromatic heterocycles. The van der Waals surface area contributed by atoms with Gasteiger partial charge in [0.2, 0.25) is 0 Å². The van der Waals surface area contributed by atoms with Crippen LogP contribution in [0.15, 0.2) is 24.3 Å². The van der Waals surface area contributed by atoms with E-state index < -0.39 is 6.61 Å². The molecule has 0 saturated heterocycles. The van der Waals surface area contributed by atoms with E-state index in [0.717, 1.165) is 12.1 Å². The molecule has 0 spiro atoms. The third-order valence-corrected chi connectivity index (χ3v) is 2.56. The van der Waals surface area contributed by atoms with E-state index in [2.05, 4.69) is 10.1 Å². The highest BCUT2D eigenvalue weighted by molar-refractivity contribution is 5.27. The number of halogens is 2. The van der Waals surface area contributed by atoms with E-state index in [1.807, 2.05) is 20.8 Å². The Bertz CT molecular complexity index is 366. The van der Waals surface area contributed by atoms with Gasteiger partial charge >= 0.3 is 6.61 Å². The average Bonchev–Trinajstić information content (AvgIpc) is 2.30. The first-order valence-electron chi connectivity index (χ1n) is 6.31. The molecular formula is C14H21F2NO2. The Morgan fingerprint density at radius 1 is 1.21 bits per heavy atom. The maximum absolute atomic E-state index is 12.0. The van der Waals surface area contributed by atoms with Crippen molar-refractivity contribution in [1.29, 1.82) is 0 Å². The summed E-state index contributed by atoms with van der Waals surface area (Å²) < 4.78 is 33.8. The van der Waals surface area contributed by atoms with Gasteiger partial charge in [0.15, 0.2) is 0 Å². The lowest BCUT2D eigenvalue weighted by Crippen LogP contribution is -2.37. The monoisotopic (exact) mass is 273 g/mol. The zero-order valence-corrected chi connectivity index (χ0v) is 11.6. The quantitative estimate of drug-likeness (QED) is 0.789. The second-order valence-electron chi connectivity index (χ2n) is 4.82. The van der Waals surface area contributed by atoms with Crippen LogP contribution in [0.5, 0.6) is 5.75 Å². The Hall–Kier alpha value is -1.20. The molecule has 0 aliphatic rings. The molecule has 3 nitrogen and oxygen atoms in total. The first kappa shape index (κ1) is 15.9. The van der Waals surface area contributed by atoms with Gasteiger partial charge in [-0.2, -0.15) is 8.78 Å². The number of alkyl halides is 2. The number of hydrogen-bond donors (Lipinski definition) is 1. The van der Waals surface area contributed by atoms with Crippen LogP contribution < -0.4 is 10.1 Å². The molecule has 1 N–H and O–H groups in total. The summed E-state index contributed by atoms with van der Waals surface area (Å²) in [6.07, 6.45) is 0. The van der Waals surface area contributed by atoms with Crippen LogP contribution in [-0.4, -0.2) is 25.4 Å². The lowest BCUT2D eigenvalue weighted by molar-refractivity contribution is -0.0498. The molecule has 0 bridgehead atoms. The lowest BCUT2D eigenvalue weighted by Gasteiger charge is -2.25. The fourth-order valence-corrected chi connectivity index (χ4v) is 1.74. The average molecular weight is 273 g/mol. The van der Waals surface area contributed by atoms with Crippen molar-refractivity contribution in [1.82, 2.24) is 5.32 Å². The summed E-state index contributed by atoms with van der Waals surface area (Å²) >= 11 is 0. The van der Waals surface area contributed by atoms with E-state index in [-0.39, 0.29) is 11.4 Å². The third-order valence-electron chi connectivity index (χ3n) is 2.56. The minimum atomic E-state index is -2.78. The Kier molecular flexibility index (Phi) is 6.18. The summed E-state index contributed by atoms with van der Waals surface area (Å²) in [5.74, 6) is 0.174. The fraction of sp³-hybridized carbons (Fsp3) is 0.571. The van der Waals surface area contributed by atoms with Crippen LogP contribution in [0.25, 0.3) is 0 Å². The highest BCUT2D eigenvalue weighted by atomic mass is 19.3. The first-order chi connectivity index (χ1) is 8.93. The fourth-order valence-electron chi connectivity index (χ4n) is 1.74. The van der Waals surface area contributed by atoms with Gasteiger partial charge < -0.3 is 14.8 Å². The number of nitrogens with one attached hydrogen (secondary N) is 1. The maximum Gasteiger partial charge on any atom is 0.387 e. The summed E-state index contributed by atoms with van der Waals surface area (Å²) in [7, 11) is 0. The van der Waals surface area contributed by atoms with E-state index in [4.69, 9.17) is 4.74 Å². The van der Waals surface area contributed by atoms with Crippen LogP contribution >= 0.6 is 0 Å². The Labute approximate surface area is 112 Å². The van der Waals surface area contributed by atoms with Gasteiger partial charge in [-0.25, -0.2) is 0 Å². The molecule has 0 amide bonds. The van der Waals surface area contributed by atoms with Crippen LogP contribution in [0.4, 0.5) is 8.78 Å². The van der Waals surface area contributed by atoms with Gasteiger partial charge in [-0.05, 0) is 38.5 Å². The highest BCUT2D eigenvalue weighted by Gasteiger charge is 2.16. The smallest absolute Gasteiger partial charge is 0.387 e. The molecule has 0 unspecified atom stereocenters. The van der Waals surface area contributed by atoms with Crippen molar-refractivity contribution >= 4 is 0 Å². The van der Waals surface area contributed by atoms with E-state index in [0.29, 0.717) is 13.2 Å². The molecule has 0 heterocycles. The van der Waals surface area contributed by atoms with Crippen molar-refractivity contribution in [2.24, 2.45) is 0 Å². The van der Waals surface area contributed by atoms with E-state index in [1.54, 1.807) is 12.1 Å². The highest BCUT2D eigenvalue weighted by Crippen LogP contribution is 2.15. The SMILES string of the molecule is CCOC(C)(C)CNCc1ccc(OC(F)F)cc1. The van der Waals surface area contributed by atoms with Crippen molar-refractivity contribution in [3.63, 3.8) is 0 Å². The van der Waals surface area contributed by atoms with Gasteiger partial charge in [-0.15, -0.1) is 0 Å². The van der Waals surface area contributed by atoms with Crippen LogP contribution in [0.3, 0.4) is 0 Å². The van der Waals surface area contributed by atoms with Gasteiger partial charge in [-0.1, -0.05) is 12.1 Å². The minimum absolute atomic E-state index is 0.174. The normalized spacial score (nSPS) is 11.9. The van der Waals surface area contributed by atoms with Crippen LogP contribution in [0, 0.1) is 0 Å². The summed E-state index contributed by atoms with van der Waals surface area (Å²) in [5.41, 5.74) is 0.793. The molecule has 0 fully saturated rings. The summed E-state index contributed by atoms with van der Waals surface area (Å²) in [5, 5.41) is 3.27. The van der Waals surface area contributed by atoms with Crippen LogP contribution in [-0.2, 0) is 11.3 Å². The van der Waals surface area contributed by atoms with E-state index in [1.165, 1.54) is 12.1 Å². The molecule has 0 radical (unpaired) electrons. The molecule has 0 atom stereocenters. The molecule has 1 aromatic rings. The van der Waals surface area contributed by atoms with E-state index in [9.17, 15) is 8.78 Å². The summed E-state index contributed by atoms with van der Waals surface area (Å²) in [6, 6.07) is 6.60. The van der Waals surface area contributed by atoms with Crippen molar-refractivity contribution in [2.45, 2.75) is 39.5 Å². The Morgan fingerprint density at radius 3 is 2.37 bits per heavy atom. The molecule has 1 aromatic carbocycles. The van der Waals surface area contributed by atoms with E-state index >= 15 is 0 Å². The number of benzene rings is 1. The largest absolute Gasteiger partial charge is 0.435 e. The second-order valence-corrected chi connectivity index (χ2v) is 4.82. The zero-order valence-electron chi connectivity index (χ0n) is 11.6. The number of ether oxygens (including phenoxy) is 2. The second kappa shape index (κ2) is 7.40. The molecule has 1 rings (SSSR count). The third kappa shape index (κ3) is 6.50. The summed E-state index contributed by atoms with van der Waals surface area (Å²) in [6.45, 7) is 5.27. The predicted molar refractivity (Wildman–Crippen MR) is 70.5 cm³/mol. The Balaban J connectivity index is 2.38. The van der Waals surface area contributed by atoms with Gasteiger partial charge in [0.25, 0.3) is 0 Å². The van der Waals surface area contributed by atoms with Gasteiger partial charge in [0.1, 0.15) is 5.75 Å². The van der Waals surface area contributed by atoms with Crippen molar-refractivity contribution in [2.75, 3.05) is 13.2 Å². The molecule has 5 heteroatoms. The molecule has 108 valence electrons. The van der Waals surface area contributed by atoms with Crippen molar-refractivity contribution in [3.8, 4) is 5.75 Å². The van der Waals surface area contributed by atoms with Gasteiger partial charge in [0, 0.05) is 19.7 Å². The molecule has 19 heavy (non-hydrogen) atoms. The number of hydrogen-bond acceptors (Lipinski definition) is 3. The van der Waals surface area contributed by atoms with Crippen LogP contribution in [0.2, 0.25) is 0 Å². The zero-order chi connectivity index (χ0) is 14.3. The molecule has 0 aliphatic carbocycles. The number of rotatable bonds is 8. The molecule has 0 aliphatic heterocycles. The van der Waals surface area contributed by atoms with Gasteiger partial charge in [-0.3, -0.25) is 0 Å². The topological polar surface area (TPSA) is 30.5 Å². The van der Waals surface area contributed by atoms with Crippen molar-refractivity contribution < 1.29 is 18.3 Å². The summed E-state index contributed by atoms with van der Waals surface area (Å²) in [4.78, 5) is 0. The standard InChI is InChI=1S/C14H21F2NO2/c1-4-18-14(2,3)10-17-9-11-5-7-12(8-6-11)19-13(15)16/h5-8,13,17H,4,9-10H2,1-3H3. The van der Waals surface area contributed by atoms with Crippen molar-refractivity contribution in [3.05, 3.63) is 29.8 Å². The predicted octanol–water partition coefficient (Wildman–Crippen LogP) is 3.19. The molecule has 0 saturated carbocycles. The maximum atomic E-state index is 12.0. The lowest BCUT2D eigenvalue weighted by atomic mass is 10.1. The first-order valence-corrected chi connectivity index (χ1v) is 6.31. The van der Waals surface area contributed by atoms with Crippen LogP contribution in [0.1, 0.15) is 26.3 Å². The van der Waals surface area contributed by atoms with Gasteiger partial charge in [0.05, 0.1) is 5.60 Å². The minimum Gasteiger partial charge on any atom is -0.435 e.